The van der Waals surface area contributed by atoms with E-state index in [1.807, 2.05) is 0 Å². The number of rotatable bonds is 45. The predicted octanol–water partition coefficient (Wildman–Crippen LogP) is 6.37. The minimum Gasteiger partial charge on any atom is -0.394 e. The Morgan fingerprint density at radius 1 is 0.446 bits per heavy atom. The average molecular weight is 1180 g/mol. The van der Waals surface area contributed by atoms with Gasteiger partial charge < -0.3 is 89.9 Å². The standard InChI is InChI=1S/C64H109NO18/c1-3-5-7-9-11-13-15-17-18-19-20-21-22-23-24-25-26-27-28-30-32-34-36-38-40-42-52(70)65-47(48(69)41-39-37-35-33-31-29-16-14-12-10-8-6-4-2)46-78-62-58(76)55(73)60(50(44-67)80-62)83-64-59(77)56(74)61(51(45-68)81-64)82-63-57(75)54(72)53(71)49(43-66)79-63/h5,7,11,13,17-18,20-21,23-24,26-27,30,32,47-51,53-64,66-69,71-77H,3-4,6,8-10,12,14-16,19,22,25,28-29,31,33-46H2,1-2H3,(H,65,70)/b7-5-,13-11-,18-17-,21-20-,24-23-,27-26-,32-30-. The number of carbonyl (C=O) groups excluding carboxylic acids is 1. The van der Waals surface area contributed by atoms with Crippen LogP contribution in [0.4, 0.5) is 0 Å². The van der Waals surface area contributed by atoms with Gasteiger partial charge in [0.05, 0.1) is 38.6 Å². The van der Waals surface area contributed by atoms with Crippen LogP contribution in [-0.4, -0.2) is 193 Å². The summed E-state index contributed by atoms with van der Waals surface area (Å²) in [4.78, 5) is 13.4. The second-order valence-electron chi connectivity index (χ2n) is 22.1. The molecule has 0 aromatic rings. The Balaban J connectivity index is 1.47. The third-order valence-electron chi connectivity index (χ3n) is 15.2. The van der Waals surface area contributed by atoms with Crippen LogP contribution >= 0.6 is 0 Å². The maximum Gasteiger partial charge on any atom is 0.220 e. The summed E-state index contributed by atoms with van der Waals surface area (Å²) in [6.45, 7) is 1.62. The molecular formula is C64H109NO18. The number of unbranched alkanes of at least 4 members (excludes halogenated alkanes) is 15. The van der Waals surface area contributed by atoms with Gasteiger partial charge in [0.15, 0.2) is 18.9 Å². The van der Waals surface area contributed by atoms with Gasteiger partial charge in [0, 0.05) is 6.42 Å². The Labute approximate surface area is 495 Å². The summed E-state index contributed by atoms with van der Waals surface area (Å²) in [7, 11) is 0. The molecule has 0 saturated carbocycles. The molecule has 3 rings (SSSR count). The molecule has 0 aromatic carbocycles. The first kappa shape index (κ1) is 74.2. The maximum absolute atomic E-state index is 13.4. The third-order valence-corrected chi connectivity index (χ3v) is 15.2. The highest BCUT2D eigenvalue weighted by atomic mass is 16.8. The van der Waals surface area contributed by atoms with Crippen molar-refractivity contribution in [3.8, 4) is 0 Å². The van der Waals surface area contributed by atoms with Crippen LogP contribution in [0.2, 0.25) is 0 Å². The number of hydrogen-bond acceptors (Lipinski definition) is 18. The average Bonchev–Trinajstić information content (AvgIpc) is 3.57. The van der Waals surface area contributed by atoms with Gasteiger partial charge in [-0.1, -0.05) is 189 Å². The van der Waals surface area contributed by atoms with Crippen molar-refractivity contribution in [3.05, 3.63) is 85.1 Å². The first-order chi connectivity index (χ1) is 40.3. The molecule has 12 N–H and O–H groups in total. The predicted molar refractivity (Wildman–Crippen MR) is 318 cm³/mol. The maximum atomic E-state index is 13.4. The van der Waals surface area contributed by atoms with Gasteiger partial charge in [0.1, 0.15) is 73.2 Å². The smallest absolute Gasteiger partial charge is 0.220 e. The van der Waals surface area contributed by atoms with Crippen molar-refractivity contribution in [2.45, 2.75) is 285 Å². The summed E-state index contributed by atoms with van der Waals surface area (Å²) in [5.74, 6) is -0.279. The van der Waals surface area contributed by atoms with Gasteiger partial charge in [0.2, 0.25) is 5.91 Å². The van der Waals surface area contributed by atoms with Crippen LogP contribution in [0.1, 0.15) is 181 Å². The van der Waals surface area contributed by atoms with E-state index in [-0.39, 0.29) is 18.9 Å². The SMILES string of the molecule is CC/C=C\C/C=C\C/C=C\C/C=C\C/C=C\C/C=C\C/C=C\CCCCCC(=O)NC(COC1OC(CO)C(OC2OC(CO)C(OC3OC(CO)C(O)C(O)C3O)C(O)C2O)C(O)C1O)C(O)CCCCCCCCCCCCCCC. The monoisotopic (exact) mass is 1180 g/mol. The normalized spacial score (nSPS) is 30.0. The molecule has 0 aliphatic carbocycles. The summed E-state index contributed by atoms with van der Waals surface area (Å²) in [6, 6.07) is -0.910. The Morgan fingerprint density at radius 3 is 1.29 bits per heavy atom. The van der Waals surface area contributed by atoms with E-state index in [0.29, 0.717) is 19.3 Å². The lowest BCUT2D eigenvalue weighted by atomic mass is 9.96. The van der Waals surface area contributed by atoms with Crippen LogP contribution in [0.3, 0.4) is 0 Å². The highest BCUT2D eigenvalue weighted by molar-refractivity contribution is 5.76. The van der Waals surface area contributed by atoms with E-state index < -0.39 is 124 Å². The van der Waals surface area contributed by atoms with Crippen molar-refractivity contribution in [1.82, 2.24) is 5.32 Å². The molecule has 3 saturated heterocycles. The van der Waals surface area contributed by atoms with Crippen LogP contribution < -0.4 is 5.32 Å². The largest absolute Gasteiger partial charge is 0.394 e. The molecule has 19 heteroatoms. The van der Waals surface area contributed by atoms with Gasteiger partial charge in [-0.15, -0.1) is 0 Å². The second-order valence-corrected chi connectivity index (χ2v) is 22.1. The fourth-order valence-electron chi connectivity index (χ4n) is 10.1. The van der Waals surface area contributed by atoms with E-state index in [4.69, 9.17) is 28.4 Å². The molecule has 83 heavy (non-hydrogen) atoms. The number of hydrogen-bond donors (Lipinski definition) is 12. The van der Waals surface area contributed by atoms with E-state index in [1.165, 1.54) is 57.8 Å². The molecule has 1 amide bonds. The molecule has 478 valence electrons. The van der Waals surface area contributed by atoms with Gasteiger partial charge in [-0.2, -0.15) is 0 Å². The first-order valence-electron chi connectivity index (χ1n) is 31.3. The Kier molecular flexibility index (Phi) is 41.3. The van der Waals surface area contributed by atoms with Crippen molar-refractivity contribution >= 4 is 5.91 Å². The van der Waals surface area contributed by atoms with Gasteiger partial charge >= 0.3 is 0 Å². The van der Waals surface area contributed by atoms with Gasteiger partial charge in [-0.25, -0.2) is 0 Å². The second kappa shape index (κ2) is 46.2. The molecule has 3 heterocycles. The highest BCUT2D eigenvalue weighted by Crippen LogP contribution is 2.33. The lowest BCUT2D eigenvalue weighted by Crippen LogP contribution is -2.66. The number of ether oxygens (including phenoxy) is 6. The zero-order valence-corrected chi connectivity index (χ0v) is 49.9. The fourth-order valence-corrected chi connectivity index (χ4v) is 10.1. The number of aliphatic hydroxyl groups is 11. The summed E-state index contributed by atoms with van der Waals surface area (Å²) in [5, 5.41) is 120. The minimum absolute atomic E-state index is 0.221. The molecule has 0 bridgehead atoms. The van der Waals surface area contributed by atoms with Crippen molar-refractivity contribution < 1.29 is 89.4 Å². The van der Waals surface area contributed by atoms with Crippen molar-refractivity contribution in [3.63, 3.8) is 0 Å². The summed E-state index contributed by atoms with van der Waals surface area (Å²) < 4.78 is 34.3. The Morgan fingerprint density at radius 2 is 0.831 bits per heavy atom. The van der Waals surface area contributed by atoms with Crippen LogP contribution in [0.5, 0.6) is 0 Å². The number of allylic oxidation sites excluding steroid dienone is 14. The Hall–Kier alpha value is -3.03. The van der Waals surface area contributed by atoms with E-state index in [0.717, 1.165) is 83.5 Å². The lowest BCUT2D eigenvalue weighted by Gasteiger charge is -2.48. The van der Waals surface area contributed by atoms with Crippen LogP contribution in [0.25, 0.3) is 0 Å². The molecule has 3 aliphatic rings. The summed E-state index contributed by atoms with van der Waals surface area (Å²) in [5.41, 5.74) is 0. The molecular weight excluding hydrogens is 1070 g/mol. The molecule has 0 aromatic heterocycles. The zero-order valence-electron chi connectivity index (χ0n) is 49.9. The van der Waals surface area contributed by atoms with Crippen molar-refractivity contribution in [2.24, 2.45) is 0 Å². The summed E-state index contributed by atoms with van der Waals surface area (Å²) >= 11 is 0. The topological polar surface area (TPSA) is 307 Å². The van der Waals surface area contributed by atoms with Crippen LogP contribution in [-0.2, 0) is 33.2 Å². The van der Waals surface area contributed by atoms with E-state index in [2.05, 4.69) is 104 Å². The third kappa shape index (κ3) is 29.5. The molecule has 3 fully saturated rings. The van der Waals surface area contributed by atoms with Crippen molar-refractivity contribution in [2.75, 3.05) is 26.4 Å². The molecule has 0 radical (unpaired) electrons. The highest BCUT2D eigenvalue weighted by Gasteiger charge is 2.53. The number of nitrogens with one attached hydrogen (secondary N) is 1. The molecule has 17 unspecified atom stereocenters. The fraction of sp³-hybridized carbons (Fsp3) is 0.766. The van der Waals surface area contributed by atoms with E-state index in [1.54, 1.807) is 0 Å². The van der Waals surface area contributed by atoms with Crippen LogP contribution in [0.15, 0.2) is 85.1 Å². The van der Waals surface area contributed by atoms with Gasteiger partial charge in [-0.3, -0.25) is 4.79 Å². The quantitative estimate of drug-likeness (QED) is 0.0233. The van der Waals surface area contributed by atoms with Gasteiger partial charge in [0.25, 0.3) is 0 Å². The molecule has 17 atom stereocenters. The zero-order chi connectivity index (χ0) is 60.5. The lowest BCUT2D eigenvalue weighted by molar-refractivity contribution is -0.379. The summed E-state index contributed by atoms with van der Waals surface area (Å²) in [6.07, 6.45) is 29.5. The van der Waals surface area contributed by atoms with E-state index >= 15 is 0 Å². The Bertz CT molecular complexity index is 1840. The number of aliphatic hydroxyl groups excluding tert-OH is 11. The minimum atomic E-state index is -1.98. The van der Waals surface area contributed by atoms with Crippen molar-refractivity contribution in [1.29, 1.82) is 0 Å². The molecule has 0 spiro atoms. The number of carbonyl (C=O) groups is 1. The first-order valence-corrected chi connectivity index (χ1v) is 31.3. The molecule has 3 aliphatic heterocycles. The van der Waals surface area contributed by atoms with Crippen LogP contribution in [0, 0.1) is 0 Å². The van der Waals surface area contributed by atoms with E-state index in [9.17, 15) is 61.0 Å². The number of amides is 1. The molecule has 19 nitrogen and oxygen atoms in total. The van der Waals surface area contributed by atoms with Gasteiger partial charge in [-0.05, 0) is 70.6 Å².